The number of halogens is 1. The number of ether oxygens (including phenoxy) is 1. The molecule has 34 heavy (non-hydrogen) atoms. The number of nitrogens with zero attached hydrogens (tertiary/aromatic N) is 2. The van der Waals surface area contributed by atoms with Crippen LogP contribution in [-0.2, 0) is 18.6 Å². The Balaban J connectivity index is 1.80. The van der Waals surface area contributed by atoms with Gasteiger partial charge in [0.25, 0.3) is 0 Å². The van der Waals surface area contributed by atoms with Crippen LogP contribution in [0.4, 0.5) is 5.82 Å². The number of nitrogen functional groups attached to an aromatic ring is 1. The average Bonchev–Trinajstić information content (AvgIpc) is 2.97. The zero-order valence-corrected chi connectivity index (χ0v) is 19.7. The molecule has 15 heteroatoms. The van der Waals surface area contributed by atoms with E-state index in [1.807, 2.05) is 0 Å². The number of hydrogen-bond donors (Lipinski definition) is 5. The molecule has 0 amide bonds. The maximum absolute atomic E-state index is 13.3. The van der Waals surface area contributed by atoms with Crippen LogP contribution in [0.15, 0.2) is 41.3 Å². The highest BCUT2D eigenvalue weighted by atomic mass is 35.5. The number of benzene rings is 1. The minimum Gasteiger partial charge on any atom is -0.480 e. The normalized spacial score (nSPS) is 27.1. The van der Waals surface area contributed by atoms with E-state index in [1.165, 1.54) is 50.4 Å². The second-order valence-electron chi connectivity index (χ2n) is 7.77. The summed E-state index contributed by atoms with van der Waals surface area (Å²) in [6, 6.07) is 5.70. The van der Waals surface area contributed by atoms with Crippen molar-refractivity contribution in [2.75, 3.05) is 12.3 Å². The van der Waals surface area contributed by atoms with Crippen molar-refractivity contribution in [2.24, 2.45) is 0 Å². The van der Waals surface area contributed by atoms with E-state index >= 15 is 0 Å². The number of hydrogen-bond acceptors (Lipinski definition) is 10. The number of rotatable bonds is 9. The van der Waals surface area contributed by atoms with Crippen LogP contribution in [0, 0.1) is 0 Å². The second kappa shape index (κ2) is 10.0. The fraction of sp³-hybridized carbons (Fsp3) is 0.421. The van der Waals surface area contributed by atoms with Gasteiger partial charge in [0.2, 0.25) is 0 Å². The molecule has 1 fully saturated rings. The van der Waals surface area contributed by atoms with Gasteiger partial charge in [0.1, 0.15) is 35.4 Å². The van der Waals surface area contributed by atoms with Crippen molar-refractivity contribution < 1.29 is 38.5 Å². The largest absolute Gasteiger partial charge is 0.480 e. The molecule has 0 aliphatic carbocycles. The number of nitrogens with two attached hydrogens (primary N) is 1. The van der Waals surface area contributed by atoms with Gasteiger partial charge in [-0.3, -0.25) is 13.9 Å². The molecule has 0 saturated carbocycles. The van der Waals surface area contributed by atoms with E-state index in [0.717, 1.165) is 4.57 Å². The summed E-state index contributed by atoms with van der Waals surface area (Å²) in [5.41, 5.74) is 2.68. The highest BCUT2D eigenvalue weighted by Gasteiger charge is 2.54. The third kappa shape index (κ3) is 5.76. The molecule has 1 aromatic carbocycles. The van der Waals surface area contributed by atoms with Crippen molar-refractivity contribution in [3.63, 3.8) is 0 Å². The van der Waals surface area contributed by atoms with E-state index in [4.69, 9.17) is 31.1 Å². The molecule has 13 nitrogen and oxygen atoms in total. The first kappa shape index (κ1) is 26.1. The Bertz CT molecular complexity index is 1140. The van der Waals surface area contributed by atoms with Crippen molar-refractivity contribution in [3.8, 4) is 5.75 Å². The lowest BCUT2D eigenvalue weighted by atomic mass is 9.96. The average molecular weight is 519 g/mol. The summed E-state index contributed by atoms with van der Waals surface area (Å²) in [4.78, 5) is 27.0. The molecule has 1 unspecified atom stereocenters. The fourth-order valence-electron chi connectivity index (χ4n) is 3.17. The van der Waals surface area contributed by atoms with Gasteiger partial charge in [-0.25, -0.2) is 9.36 Å². The van der Waals surface area contributed by atoms with E-state index in [9.17, 15) is 29.5 Å². The first-order valence-electron chi connectivity index (χ1n) is 9.93. The molecule has 3 rings (SSSR count). The summed E-state index contributed by atoms with van der Waals surface area (Å²) in [5.74, 6) is -1.30. The Morgan fingerprint density at radius 1 is 1.41 bits per heavy atom. The lowest BCUT2D eigenvalue weighted by Crippen LogP contribution is -2.46. The Labute approximate surface area is 198 Å². The number of carboxylic acids is 1. The number of carboxylic acid groups (broad SMARTS) is 1. The van der Waals surface area contributed by atoms with E-state index in [0.29, 0.717) is 5.02 Å². The third-order valence-electron chi connectivity index (χ3n) is 5.03. The van der Waals surface area contributed by atoms with Gasteiger partial charge in [0.15, 0.2) is 6.23 Å². The van der Waals surface area contributed by atoms with Crippen LogP contribution < -0.4 is 21.0 Å². The quantitative estimate of drug-likeness (QED) is 0.293. The highest BCUT2D eigenvalue weighted by molar-refractivity contribution is 7.52. The number of anilines is 1. The van der Waals surface area contributed by atoms with E-state index in [2.05, 4.69) is 10.1 Å². The predicted molar refractivity (Wildman–Crippen MR) is 119 cm³/mol. The van der Waals surface area contributed by atoms with Crippen LogP contribution in [0.1, 0.15) is 20.1 Å². The van der Waals surface area contributed by atoms with Gasteiger partial charge in [-0.15, -0.1) is 0 Å². The summed E-state index contributed by atoms with van der Waals surface area (Å²) in [5, 5.41) is 33.2. The zero-order valence-electron chi connectivity index (χ0n) is 18.1. The first-order chi connectivity index (χ1) is 15.8. The number of nitrogens with one attached hydrogen (secondary N) is 1. The molecule has 1 saturated heterocycles. The predicted octanol–water partition coefficient (Wildman–Crippen LogP) is 0.755. The van der Waals surface area contributed by atoms with Crippen molar-refractivity contribution in [1.82, 2.24) is 14.6 Å². The van der Waals surface area contributed by atoms with Gasteiger partial charge < -0.3 is 30.3 Å². The SMILES string of the molecule is C[C@H](NP(=O)(OC[C@H]1O[C@@H](n2ccc(N)nc2=O)[C@](C)(O)[C@@H]1O)Oc1ccc(Cl)cc1)C(=O)O. The van der Waals surface area contributed by atoms with Crippen molar-refractivity contribution in [3.05, 3.63) is 52.0 Å². The molecule has 0 bridgehead atoms. The molecule has 0 radical (unpaired) electrons. The first-order valence-corrected chi connectivity index (χ1v) is 11.9. The van der Waals surface area contributed by atoms with Crippen LogP contribution in [0.3, 0.4) is 0 Å². The number of aliphatic hydroxyl groups excluding tert-OH is 1. The molecule has 6 N–H and O–H groups in total. The summed E-state index contributed by atoms with van der Waals surface area (Å²) in [7, 11) is -4.34. The molecule has 1 aromatic heterocycles. The number of aliphatic hydroxyl groups is 2. The maximum Gasteiger partial charge on any atom is 0.459 e. The van der Waals surface area contributed by atoms with Gasteiger partial charge in [0, 0.05) is 11.2 Å². The van der Waals surface area contributed by atoms with Gasteiger partial charge in [-0.05, 0) is 44.2 Å². The maximum atomic E-state index is 13.3. The Morgan fingerprint density at radius 3 is 2.65 bits per heavy atom. The summed E-state index contributed by atoms with van der Waals surface area (Å²) in [6.45, 7) is 1.86. The van der Waals surface area contributed by atoms with Crippen LogP contribution in [0.5, 0.6) is 5.75 Å². The Kier molecular flexibility index (Phi) is 7.68. The number of carbonyl (C=O) groups is 1. The molecular formula is C19H24ClN4O9P. The fourth-order valence-corrected chi connectivity index (χ4v) is 4.80. The molecule has 6 atom stereocenters. The second-order valence-corrected chi connectivity index (χ2v) is 9.90. The molecule has 2 heterocycles. The van der Waals surface area contributed by atoms with Crippen LogP contribution in [-0.4, -0.2) is 61.3 Å². The number of aliphatic carboxylic acids is 1. The summed E-state index contributed by atoms with van der Waals surface area (Å²) >= 11 is 5.83. The zero-order chi connectivity index (χ0) is 25.3. The third-order valence-corrected chi connectivity index (χ3v) is 6.92. The van der Waals surface area contributed by atoms with E-state index < -0.39 is 56.1 Å². The van der Waals surface area contributed by atoms with E-state index in [1.54, 1.807) is 0 Å². The van der Waals surface area contributed by atoms with Crippen LogP contribution in [0.25, 0.3) is 0 Å². The molecule has 2 aromatic rings. The molecule has 186 valence electrons. The lowest BCUT2D eigenvalue weighted by Gasteiger charge is -2.27. The minimum atomic E-state index is -4.34. The molecular weight excluding hydrogens is 495 g/mol. The molecule has 1 aliphatic rings. The standard InChI is InChI=1S/C19H24ClN4O9P/c1-10(16(26)27)23-34(30,33-12-5-3-11(20)4-6-12)31-9-13-15(25)19(2,29)17(32-13)24-8-7-14(21)22-18(24)28/h3-8,10,13,15,17,25,29H,9H2,1-2H3,(H,23,30)(H,26,27)(H2,21,22,28)/t10-,13+,15+,17+,19+,34?/m0/s1. The van der Waals surface area contributed by atoms with Gasteiger partial charge in [-0.1, -0.05) is 11.6 Å². The summed E-state index contributed by atoms with van der Waals surface area (Å²) in [6.07, 6.45) is -3.01. The van der Waals surface area contributed by atoms with Gasteiger partial charge in [-0.2, -0.15) is 10.1 Å². The van der Waals surface area contributed by atoms with Crippen molar-refractivity contribution in [2.45, 2.75) is 43.9 Å². The monoisotopic (exact) mass is 518 g/mol. The van der Waals surface area contributed by atoms with Gasteiger partial charge >= 0.3 is 19.4 Å². The smallest absolute Gasteiger partial charge is 0.459 e. The van der Waals surface area contributed by atoms with Crippen LogP contribution in [0.2, 0.25) is 5.02 Å². The minimum absolute atomic E-state index is 0.0433. The highest BCUT2D eigenvalue weighted by Crippen LogP contribution is 2.47. The Morgan fingerprint density at radius 2 is 2.06 bits per heavy atom. The van der Waals surface area contributed by atoms with E-state index in [-0.39, 0.29) is 11.6 Å². The molecule has 1 aliphatic heterocycles. The lowest BCUT2D eigenvalue weighted by molar-refractivity contribution is -0.138. The van der Waals surface area contributed by atoms with Crippen molar-refractivity contribution >= 4 is 31.1 Å². The summed E-state index contributed by atoms with van der Waals surface area (Å²) < 4.78 is 30.6. The topological polar surface area (TPSA) is 195 Å². The van der Waals surface area contributed by atoms with Crippen LogP contribution >= 0.6 is 19.3 Å². The van der Waals surface area contributed by atoms with Crippen molar-refractivity contribution in [1.29, 1.82) is 0 Å². The number of aromatic nitrogens is 2. The molecule has 0 spiro atoms. The Hall–Kier alpha value is -2.51. The van der Waals surface area contributed by atoms with Gasteiger partial charge in [0.05, 0.1) is 6.61 Å².